The molecule has 0 aliphatic heterocycles. The van der Waals surface area contributed by atoms with Crippen LogP contribution in [-0.2, 0) is 4.74 Å². The zero-order valence-corrected chi connectivity index (χ0v) is 20.4. The van der Waals surface area contributed by atoms with Crippen LogP contribution in [0.25, 0.3) is 11.1 Å². The van der Waals surface area contributed by atoms with Gasteiger partial charge in [-0.05, 0) is 58.5 Å². The third-order valence-corrected chi connectivity index (χ3v) is 6.73. The Kier molecular flexibility index (Phi) is 7.49. The molecule has 0 aromatic heterocycles. The molecule has 2 atom stereocenters. The summed E-state index contributed by atoms with van der Waals surface area (Å²) in [5, 5.41) is 27.0. The Morgan fingerprint density at radius 2 is 1.32 bits per heavy atom. The number of carbonyl (C=O) groups is 1. The van der Waals surface area contributed by atoms with Crippen LogP contribution in [0.1, 0.15) is 35.1 Å². The summed E-state index contributed by atoms with van der Waals surface area (Å²) in [5.74, 6) is -0.00934. The van der Waals surface area contributed by atoms with E-state index in [9.17, 15) is 15.0 Å². The van der Waals surface area contributed by atoms with E-state index in [1.807, 2.05) is 66.7 Å². The van der Waals surface area contributed by atoms with E-state index < -0.39 is 18.3 Å². The van der Waals surface area contributed by atoms with Gasteiger partial charge in [0.05, 0.1) is 6.10 Å². The van der Waals surface area contributed by atoms with Crippen LogP contribution < -0.4 is 10.6 Å². The summed E-state index contributed by atoms with van der Waals surface area (Å²) in [6.07, 6.45) is -2.44. The number of fused-ring (bicyclic) bond motifs is 3. The average molecular weight is 495 g/mol. The molecule has 6 heteroatoms. The van der Waals surface area contributed by atoms with Gasteiger partial charge in [0.15, 0.2) is 0 Å². The largest absolute Gasteiger partial charge is 0.449 e. The predicted molar refractivity (Wildman–Crippen MR) is 145 cm³/mol. The number of hydrogen-bond donors (Lipinski definition) is 4. The molecule has 5 rings (SSSR count). The number of amides is 1. The Morgan fingerprint density at radius 3 is 1.97 bits per heavy atom. The molecule has 1 aliphatic carbocycles. The summed E-state index contributed by atoms with van der Waals surface area (Å²) < 4.78 is 5.53. The summed E-state index contributed by atoms with van der Waals surface area (Å²) in [6.45, 7) is 0.414. The Morgan fingerprint density at radius 1 is 0.757 bits per heavy atom. The minimum absolute atomic E-state index is 0.00934. The second kappa shape index (κ2) is 11.3. The van der Waals surface area contributed by atoms with Crippen LogP contribution in [-0.4, -0.2) is 35.6 Å². The highest BCUT2D eigenvalue weighted by atomic mass is 16.5. The molecule has 1 amide bonds. The molecule has 6 nitrogen and oxygen atoms in total. The van der Waals surface area contributed by atoms with Gasteiger partial charge in [-0.2, -0.15) is 0 Å². The number of nitrogens with one attached hydrogen (secondary N) is 2. The highest BCUT2D eigenvalue weighted by Gasteiger charge is 2.29. The van der Waals surface area contributed by atoms with E-state index in [0.717, 1.165) is 22.5 Å². The maximum atomic E-state index is 12.3. The molecule has 0 heterocycles. The lowest BCUT2D eigenvalue weighted by Gasteiger charge is -2.19. The SMILES string of the molecule is O=C(NCCC(O)C(O)c1ccc(Nc2ccccc2)cc1)OCC1c2ccccc2-c2ccccc21. The number of rotatable bonds is 9. The van der Waals surface area contributed by atoms with Gasteiger partial charge in [-0.3, -0.25) is 0 Å². The standard InChI is InChI=1S/C31H30N2O4/c34-29(30(35)21-14-16-23(17-15-21)33-22-8-2-1-3-9-22)18-19-32-31(36)37-20-28-26-12-6-4-10-24(26)25-11-5-7-13-27(25)28/h1-17,28-30,33-35H,18-20H2,(H,32,36). The van der Waals surface area contributed by atoms with E-state index in [1.165, 1.54) is 11.1 Å². The lowest BCUT2D eigenvalue weighted by atomic mass is 9.98. The normalized spacial score (nSPS) is 13.8. The molecule has 0 fully saturated rings. The summed E-state index contributed by atoms with van der Waals surface area (Å²) in [7, 11) is 0. The second-order valence-corrected chi connectivity index (χ2v) is 9.17. The summed E-state index contributed by atoms with van der Waals surface area (Å²) in [6, 6.07) is 33.4. The van der Waals surface area contributed by atoms with E-state index in [2.05, 4.69) is 34.9 Å². The number of hydrogen-bond acceptors (Lipinski definition) is 5. The van der Waals surface area contributed by atoms with Crippen LogP contribution in [0.5, 0.6) is 0 Å². The van der Waals surface area contributed by atoms with E-state index in [0.29, 0.717) is 5.56 Å². The fraction of sp³-hybridized carbons (Fsp3) is 0.194. The van der Waals surface area contributed by atoms with Crippen molar-refractivity contribution in [3.8, 4) is 11.1 Å². The van der Waals surface area contributed by atoms with Gasteiger partial charge in [0.2, 0.25) is 0 Å². The fourth-order valence-corrected chi connectivity index (χ4v) is 4.80. The van der Waals surface area contributed by atoms with Gasteiger partial charge in [0.25, 0.3) is 0 Å². The molecule has 0 radical (unpaired) electrons. The monoisotopic (exact) mass is 494 g/mol. The number of benzene rings is 4. The van der Waals surface area contributed by atoms with Crippen molar-refractivity contribution < 1.29 is 19.7 Å². The van der Waals surface area contributed by atoms with Crippen LogP contribution >= 0.6 is 0 Å². The van der Waals surface area contributed by atoms with E-state index in [4.69, 9.17) is 4.74 Å². The zero-order valence-electron chi connectivity index (χ0n) is 20.4. The molecule has 2 unspecified atom stereocenters. The van der Waals surface area contributed by atoms with Crippen LogP contribution in [0.3, 0.4) is 0 Å². The van der Waals surface area contributed by atoms with Crippen molar-refractivity contribution in [1.29, 1.82) is 0 Å². The van der Waals surface area contributed by atoms with Gasteiger partial charge >= 0.3 is 6.09 Å². The van der Waals surface area contributed by atoms with Gasteiger partial charge in [-0.25, -0.2) is 4.79 Å². The number of carbonyl (C=O) groups excluding carboxylic acids is 1. The third kappa shape index (κ3) is 5.66. The van der Waals surface area contributed by atoms with Crippen LogP contribution in [0.2, 0.25) is 0 Å². The van der Waals surface area contributed by atoms with Crippen LogP contribution in [0.15, 0.2) is 103 Å². The fourth-order valence-electron chi connectivity index (χ4n) is 4.80. The highest BCUT2D eigenvalue weighted by molar-refractivity contribution is 5.79. The average Bonchev–Trinajstić information content (AvgIpc) is 3.26. The van der Waals surface area contributed by atoms with Crippen molar-refractivity contribution in [3.63, 3.8) is 0 Å². The predicted octanol–water partition coefficient (Wildman–Crippen LogP) is 5.75. The van der Waals surface area contributed by atoms with Crippen molar-refractivity contribution in [2.45, 2.75) is 24.5 Å². The Hall–Kier alpha value is -4.13. The first-order valence-electron chi connectivity index (χ1n) is 12.5. The molecule has 4 N–H and O–H groups in total. The molecule has 37 heavy (non-hydrogen) atoms. The molecule has 188 valence electrons. The molecule has 4 aromatic rings. The van der Waals surface area contributed by atoms with Crippen molar-refractivity contribution in [1.82, 2.24) is 5.32 Å². The van der Waals surface area contributed by atoms with Gasteiger partial charge in [0, 0.05) is 23.8 Å². The number of aliphatic hydroxyl groups excluding tert-OH is 2. The highest BCUT2D eigenvalue weighted by Crippen LogP contribution is 2.44. The molecule has 0 saturated heterocycles. The summed E-state index contributed by atoms with van der Waals surface area (Å²) >= 11 is 0. The summed E-state index contributed by atoms with van der Waals surface area (Å²) in [5.41, 5.74) is 7.11. The van der Waals surface area contributed by atoms with E-state index in [-0.39, 0.29) is 25.5 Å². The first-order chi connectivity index (χ1) is 18.1. The topological polar surface area (TPSA) is 90.8 Å². The van der Waals surface area contributed by atoms with Crippen molar-refractivity contribution in [3.05, 3.63) is 120 Å². The summed E-state index contributed by atoms with van der Waals surface area (Å²) in [4.78, 5) is 12.3. The smallest absolute Gasteiger partial charge is 0.407 e. The van der Waals surface area contributed by atoms with Gasteiger partial charge in [-0.1, -0.05) is 78.9 Å². The molecule has 1 aliphatic rings. The zero-order chi connectivity index (χ0) is 25.6. The molecule has 0 bridgehead atoms. The molecular formula is C31H30N2O4. The minimum Gasteiger partial charge on any atom is -0.449 e. The molecule has 0 spiro atoms. The number of para-hydroxylation sites is 1. The lowest BCUT2D eigenvalue weighted by Crippen LogP contribution is -2.30. The number of aliphatic hydroxyl groups is 2. The van der Waals surface area contributed by atoms with E-state index in [1.54, 1.807) is 12.1 Å². The van der Waals surface area contributed by atoms with Crippen molar-refractivity contribution in [2.24, 2.45) is 0 Å². The van der Waals surface area contributed by atoms with Gasteiger partial charge < -0.3 is 25.6 Å². The number of alkyl carbamates (subject to hydrolysis) is 1. The molecule has 4 aromatic carbocycles. The van der Waals surface area contributed by atoms with Crippen LogP contribution in [0.4, 0.5) is 16.2 Å². The third-order valence-electron chi connectivity index (χ3n) is 6.73. The first kappa shape index (κ1) is 24.6. The maximum absolute atomic E-state index is 12.3. The molecule has 0 saturated carbocycles. The van der Waals surface area contributed by atoms with E-state index >= 15 is 0 Å². The maximum Gasteiger partial charge on any atom is 0.407 e. The van der Waals surface area contributed by atoms with Crippen molar-refractivity contribution in [2.75, 3.05) is 18.5 Å². The second-order valence-electron chi connectivity index (χ2n) is 9.17. The first-order valence-corrected chi connectivity index (χ1v) is 12.5. The number of ether oxygens (including phenoxy) is 1. The van der Waals surface area contributed by atoms with Gasteiger partial charge in [0.1, 0.15) is 12.7 Å². The Balaban J connectivity index is 1.08. The Bertz CT molecular complexity index is 1300. The molecular weight excluding hydrogens is 464 g/mol. The quantitative estimate of drug-likeness (QED) is 0.238. The lowest BCUT2D eigenvalue weighted by molar-refractivity contribution is 0.0137. The van der Waals surface area contributed by atoms with Gasteiger partial charge in [-0.15, -0.1) is 0 Å². The Labute approximate surface area is 216 Å². The van der Waals surface area contributed by atoms with Crippen LogP contribution in [0, 0.1) is 0 Å². The number of anilines is 2. The minimum atomic E-state index is -1.06. The van der Waals surface area contributed by atoms with Crippen molar-refractivity contribution >= 4 is 17.5 Å².